The average molecular weight is 533 g/mol. The molecular formula is C39H64. The maximum Gasteiger partial charge on any atom is -0.0126 e. The fraction of sp³-hybridized carbons (Fsp3) is 0.692. The molecule has 0 N–H and O–H groups in total. The lowest BCUT2D eigenvalue weighted by Crippen LogP contribution is -2.30. The van der Waals surface area contributed by atoms with Crippen LogP contribution in [0.2, 0.25) is 0 Å². The van der Waals surface area contributed by atoms with E-state index in [0.717, 1.165) is 12.8 Å². The first-order valence-corrected chi connectivity index (χ1v) is 15.5. The molecule has 2 aromatic carbocycles. The van der Waals surface area contributed by atoms with Crippen LogP contribution in [0.4, 0.5) is 0 Å². The molecule has 0 bridgehead atoms. The number of aryl methyl sites for hydroxylation is 2. The molecule has 0 aliphatic carbocycles. The van der Waals surface area contributed by atoms with Crippen molar-refractivity contribution in [1.82, 2.24) is 0 Å². The van der Waals surface area contributed by atoms with Crippen molar-refractivity contribution in [3.63, 3.8) is 0 Å². The molecule has 0 saturated carbocycles. The Hall–Kier alpha value is -1.56. The Morgan fingerprint density at radius 1 is 0.333 bits per heavy atom. The molecule has 2 aromatic rings. The Balaban J connectivity index is 2.66. The highest BCUT2D eigenvalue weighted by molar-refractivity contribution is 5.52. The second-order valence-electron chi connectivity index (χ2n) is 18.4. The zero-order chi connectivity index (χ0) is 30.6. The second kappa shape index (κ2) is 10.7. The highest BCUT2D eigenvalue weighted by Gasteiger charge is 2.35. The van der Waals surface area contributed by atoms with Crippen LogP contribution in [0, 0.1) is 0 Å². The van der Waals surface area contributed by atoms with E-state index in [9.17, 15) is 0 Å². The molecule has 0 spiro atoms. The van der Waals surface area contributed by atoms with Crippen molar-refractivity contribution in [2.75, 3.05) is 0 Å². The van der Waals surface area contributed by atoms with E-state index in [0.29, 0.717) is 0 Å². The Morgan fingerprint density at radius 3 is 0.795 bits per heavy atom. The lowest BCUT2D eigenvalue weighted by Gasteiger charge is -2.38. The average Bonchev–Trinajstić information content (AvgIpc) is 2.68. The van der Waals surface area contributed by atoms with Gasteiger partial charge < -0.3 is 0 Å². The van der Waals surface area contributed by atoms with Crippen LogP contribution < -0.4 is 0 Å². The van der Waals surface area contributed by atoms with Crippen molar-refractivity contribution in [1.29, 1.82) is 0 Å². The normalized spacial score (nSPS) is 14.2. The summed E-state index contributed by atoms with van der Waals surface area (Å²) in [6.07, 6.45) is 3.41. The lowest BCUT2D eigenvalue weighted by molar-refractivity contribution is 0.491. The predicted molar refractivity (Wildman–Crippen MR) is 177 cm³/mol. The largest absolute Gasteiger partial charge is 0.0584 e. The summed E-state index contributed by atoms with van der Waals surface area (Å²) >= 11 is 0. The Morgan fingerprint density at radius 2 is 0.590 bits per heavy atom. The predicted octanol–water partition coefficient (Wildman–Crippen LogP) is 11.6. The van der Waals surface area contributed by atoms with Crippen molar-refractivity contribution in [2.24, 2.45) is 0 Å². The maximum absolute atomic E-state index is 2.46. The van der Waals surface area contributed by atoms with E-state index in [1.54, 1.807) is 33.4 Å². The minimum Gasteiger partial charge on any atom is -0.0584 e. The van der Waals surface area contributed by atoms with Gasteiger partial charge in [-0.15, -0.1) is 0 Å². The number of rotatable bonds is 4. The van der Waals surface area contributed by atoms with Gasteiger partial charge in [0.05, 0.1) is 0 Å². The van der Waals surface area contributed by atoms with Crippen LogP contribution in [0.15, 0.2) is 24.3 Å². The summed E-state index contributed by atoms with van der Waals surface area (Å²) in [6, 6.07) is 9.82. The third-order valence-corrected chi connectivity index (χ3v) is 8.09. The number of hydrogen-bond acceptors (Lipinski definition) is 0. The van der Waals surface area contributed by atoms with E-state index in [1.807, 2.05) is 0 Å². The third-order valence-electron chi connectivity index (χ3n) is 8.09. The molecule has 0 aromatic heterocycles. The minimum atomic E-state index is 0.101. The quantitative estimate of drug-likeness (QED) is 0.367. The van der Waals surface area contributed by atoms with Crippen molar-refractivity contribution >= 4 is 0 Å². The van der Waals surface area contributed by atoms with E-state index < -0.39 is 0 Å². The molecular weight excluding hydrogens is 468 g/mol. The van der Waals surface area contributed by atoms with Crippen LogP contribution in [-0.4, -0.2) is 0 Å². The molecule has 39 heavy (non-hydrogen) atoms. The van der Waals surface area contributed by atoms with Crippen LogP contribution in [0.3, 0.4) is 0 Å². The molecule has 0 aliphatic heterocycles. The third kappa shape index (κ3) is 7.80. The molecule has 0 aliphatic rings. The summed E-state index contributed by atoms with van der Waals surface area (Å²) in [4.78, 5) is 0. The lowest BCUT2D eigenvalue weighted by atomic mass is 9.66. The molecule has 0 nitrogen and oxygen atoms in total. The zero-order valence-electron chi connectivity index (χ0n) is 29.4. The van der Waals surface area contributed by atoms with E-state index in [1.165, 1.54) is 17.5 Å². The summed E-state index contributed by atoms with van der Waals surface area (Å²) in [7, 11) is 0. The van der Waals surface area contributed by atoms with Gasteiger partial charge in [0.1, 0.15) is 0 Å². The standard InChI is InChI=1S/C39H64/c1-34(2,3)28-24-22-26(30(36(7,8)9)32(28)38(13,14)15)20-19-21-27-23-25-29(35(4,5)6)33(39(16,17)18)31(27)37(10,11)12/h22-25H,19-21H2,1-18H3. The van der Waals surface area contributed by atoms with Gasteiger partial charge in [0, 0.05) is 0 Å². The molecule has 220 valence electrons. The van der Waals surface area contributed by atoms with Crippen molar-refractivity contribution in [3.05, 3.63) is 68.8 Å². The fourth-order valence-corrected chi connectivity index (χ4v) is 6.70. The molecule has 0 amide bonds. The van der Waals surface area contributed by atoms with Gasteiger partial charge in [0.25, 0.3) is 0 Å². The van der Waals surface area contributed by atoms with Crippen molar-refractivity contribution in [2.45, 2.75) is 176 Å². The number of benzene rings is 2. The van der Waals surface area contributed by atoms with Crippen LogP contribution in [0.5, 0.6) is 0 Å². The smallest absolute Gasteiger partial charge is 0.0126 e. The van der Waals surface area contributed by atoms with Gasteiger partial charge in [-0.2, -0.15) is 0 Å². The van der Waals surface area contributed by atoms with E-state index in [2.05, 4.69) is 149 Å². The molecule has 0 heterocycles. The molecule has 0 heteroatoms. The van der Waals surface area contributed by atoms with Gasteiger partial charge in [-0.3, -0.25) is 0 Å². The van der Waals surface area contributed by atoms with Crippen LogP contribution in [0.25, 0.3) is 0 Å². The molecule has 0 atom stereocenters. The SMILES string of the molecule is CC(C)(C)c1ccc(CCCc2ccc(C(C)(C)C)c(C(C)(C)C)c2C(C)(C)C)c(C(C)(C)C)c1C(C)(C)C. The first kappa shape index (κ1) is 33.6. The van der Waals surface area contributed by atoms with Gasteiger partial charge in [-0.25, -0.2) is 0 Å². The molecule has 0 unspecified atom stereocenters. The molecule has 2 rings (SSSR count). The zero-order valence-corrected chi connectivity index (χ0v) is 29.4. The Labute approximate surface area is 244 Å². The van der Waals surface area contributed by atoms with Crippen LogP contribution >= 0.6 is 0 Å². The second-order valence-corrected chi connectivity index (χ2v) is 18.4. The van der Waals surface area contributed by atoms with Crippen LogP contribution in [-0.2, 0) is 45.3 Å². The molecule has 0 fully saturated rings. The van der Waals surface area contributed by atoms with Crippen molar-refractivity contribution in [3.8, 4) is 0 Å². The first-order chi connectivity index (χ1) is 17.2. The fourth-order valence-electron chi connectivity index (χ4n) is 6.70. The monoisotopic (exact) mass is 533 g/mol. The van der Waals surface area contributed by atoms with Gasteiger partial charge in [-0.1, -0.05) is 149 Å². The number of hydrogen-bond donors (Lipinski definition) is 0. The summed E-state index contributed by atoms with van der Waals surface area (Å²) < 4.78 is 0. The first-order valence-electron chi connectivity index (χ1n) is 15.5. The van der Waals surface area contributed by atoms with E-state index in [-0.39, 0.29) is 32.5 Å². The Kier molecular flexibility index (Phi) is 9.22. The molecule has 0 saturated heterocycles. The summed E-state index contributed by atoms with van der Waals surface area (Å²) in [5, 5.41) is 0. The van der Waals surface area contributed by atoms with Gasteiger partial charge in [0.2, 0.25) is 0 Å². The summed E-state index contributed by atoms with van der Waals surface area (Å²) in [5.74, 6) is 0. The topological polar surface area (TPSA) is 0 Å². The van der Waals surface area contributed by atoms with Gasteiger partial charge in [-0.05, 0) is 96.3 Å². The van der Waals surface area contributed by atoms with Gasteiger partial charge >= 0.3 is 0 Å². The molecule has 0 radical (unpaired) electrons. The van der Waals surface area contributed by atoms with E-state index in [4.69, 9.17) is 0 Å². The minimum absolute atomic E-state index is 0.101. The summed E-state index contributed by atoms with van der Waals surface area (Å²) in [5.41, 5.74) is 13.1. The highest BCUT2D eigenvalue weighted by atomic mass is 14.4. The van der Waals surface area contributed by atoms with Crippen molar-refractivity contribution < 1.29 is 0 Å². The van der Waals surface area contributed by atoms with E-state index >= 15 is 0 Å². The summed E-state index contributed by atoms with van der Waals surface area (Å²) in [6.45, 7) is 43.1. The maximum atomic E-state index is 2.46. The highest BCUT2D eigenvalue weighted by Crippen LogP contribution is 2.44. The van der Waals surface area contributed by atoms with Gasteiger partial charge in [0.15, 0.2) is 0 Å². The van der Waals surface area contributed by atoms with Crippen LogP contribution in [0.1, 0.15) is 176 Å². The Bertz CT molecular complexity index is 1050.